The van der Waals surface area contributed by atoms with Gasteiger partial charge >= 0.3 is 5.97 Å². The number of ketones is 1. The highest BCUT2D eigenvalue weighted by Crippen LogP contribution is 2.48. The average Bonchev–Trinajstić information content (AvgIpc) is 2.65. The van der Waals surface area contributed by atoms with E-state index >= 15 is 0 Å². The van der Waals surface area contributed by atoms with Crippen molar-refractivity contribution in [3.63, 3.8) is 0 Å². The lowest BCUT2D eigenvalue weighted by Gasteiger charge is -2.34. The summed E-state index contributed by atoms with van der Waals surface area (Å²) in [5.41, 5.74) is -0.387. The van der Waals surface area contributed by atoms with Gasteiger partial charge in [0, 0.05) is 12.0 Å². The third-order valence-corrected chi connectivity index (χ3v) is 3.85. The Morgan fingerprint density at radius 3 is 2.61 bits per heavy atom. The lowest BCUT2D eigenvalue weighted by molar-refractivity contribution is -0.153. The van der Waals surface area contributed by atoms with Crippen LogP contribution in [0.3, 0.4) is 0 Å². The van der Waals surface area contributed by atoms with E-state index in [2.05, 4.69) is 0 Å². The number of Topliss-reactive ketones (excluding diaryl/α,β-unsaturated/α-hetero) is 1. The van der Waals surface area contributed by atoms with Gasteiger partial charge in [-0.3, -0.25) is 4.79 Å². The van der Waals surface area contributed by atoms with Crippen molar-refractivity contribution < 1.29 is 14.3 Å². The summed E-state index contributed by atoms with van der Waals surface area (Å²) < 4.78 is 5.44. The van der Waals surface area contributed by atoms with Gasteiger partial charge in [-0.1, -0.05) is 12.5 Å². The molecule has 2 aliphatic rings. The molecule has 0 N–H and O–H groups in total. The van der Waals surface area contributed by atoms with Gasteiger partial charge in [0.05, 0.1) is 5.41 Å². The van der Waals surface area contributed by atoms with E-state index in [4.69, 9.17) is 4.74 Å². The van der Waals surface area contributed by atoms with Crippen molar-refractivity contribution in [1.82, 2.24) is 0 Å². The average molecular weight is 250 g/mol. The van der Waals surface area contributed by atoms with Crippen molar-refractivity contribution in [1.29, 1.82) is 0 Å². The molecule has 3 nitrogen and oxygen atoms in total. The Morgan fingerprint density at radius 1 is 1.28 bits per heavy atom. The molecule has 1 atom stereocenters. The second-order valence-corrected chi connectivity index (χ2v) is 6.37. The van der Waals surface area contributed by atoms with Crippen molar-refractivity contribution in [3.05, 3.63) is 11.6 Å². The zero-order chi connectivity index (χ0) is 13.4. The fourth-order valence-electron chi connectivity index (χ4n) is 3.05. The number of carbonyl (C=O) groups is 2. The summed E-state index contributed by atoms with van der Waals surface area (Å²) in [6.45, 7) is 5.57. The van der Waals surface area contributed by atoms with Gasteiger partial charge in [-0.2, -0.15) is 0 Å². The Kier molecular flexibility index (Phi) is 3.35. The molecule has 1 fully saturated rings. The molecule has 0 amide bonds. The van der Waals surface area contributed by atoms with Gasteiger partial charge in [-0.05, 0) is 46.5 Å². The van der Waals surface area contributed by atoms with Crippen molar-refractivity contribution >= 4 is 11.8 Å². The van der Waals surface area contributed by atoms with Crippen LogP contribution >= 0.6 is 0 Å². The second kappa shape index (κ2) is 4.52. The minimum atomic E-state index is -0.513. The molecule has 2 aliphatic carbocycles. The Balaban J connectivity index is 2.21. The summed E-state index contributed by atoms with van der Waals surface area (Å²) in [5, 5.41) is 0. The van der Waals surface area contributed by atoms with Gasteiger partial charge in [-0.15, -0.1) is 0 Å². The second-order valence-electron chi connectivity index (χ2n) is 6.37. The number of esters is 1. The molecule has 1 unspecified atom stereocenters. The topological polar surface area (TPSA) is 43.4 Å². The van der Waals surface area contributed by atoms with Crippen molar-refractivity contribution in [2.24, 2.45) is 5.41 Å². The van der Waals surface area contributed by atoms with Crippen molar-refractivity contribution in [3.8, 4) is 0 Å². The van der Waals surface area contributed by atoms with Crippen LogP contribution in [-0.4, -0.2) is 17.4 Å². The highest BCUT2D eigenvalue weighted by Gasteiger charge is 2.48. The van der Waals surface area contributed by atoms with E-state index in [-0.39, 0.29) is 11.8 Å². The molecule has 0 aromatic rings. The Labute approximate surface area is 109 Å². The predicted octanol–water partition coefficient (Wildman–Crippen LogP) is 3.18. The van der Waals surface area contributed by atoms with Crippen LogP contribution in [0.2, 0.25) is 0 Å². The Morgan fingerprint density at radius 2 is 2.00 bits per heavy atom. The summed E-state index contributed by atoms with van der Waals surface area (Å²) in [7, 11) is 0. The highest BCUT2D eigenvalue weighted by molar-refractivity contribution is 6.01. The van der Waals surface area contributed by atoms with Gasteiger partial charge in [0.2, 0.25) is 0 Å². The van der Waals surface area contributed by atoms with Gasteiger partial charge in [0.15, 0.2) is 0 Å². The molecular weight excluding hydrogens is 228 g/mol. The van der Waals surface area contributed by atoms with Gasteiger partial charge in [0.1, 0.15) is 11.4 Å². The molecule has 0 aromatic carbocycles. The van der Waals surface area contributed by atoms with Crippen LogP contribution in [-0.2, 0) is 14.3 Å². The zero-order valence-corrected chi connectivity index (χ0v) is 11.5. The lowest BCUT2D eigenvalue weighted by Crippen LogP contribution is -2.38. The maximum atomic E-state index is 12.3. The van der Waals surface area contributed by atoms with Crippen LogP contribution < -0.4 is 0 Å². The van der Waals surface area contributed by atoms with Crippen LogP contribution in [0.25, 0.3) is 0 Å². The van der Waals surface area contributed by atoms with E-state index in [1.54, 1.807) is 0 Å². The number of allylic oxidation sites excluding steroid dienone is 1. The van der Waals surface area contributed by atoms with Crippen LogP contribution in [0.4, 0.5) is 0 Å². The molecular formula is C15H22O3. The molecule has 18 heavy (non-hydrogen) atoms. The summed E-state index contributed by atoms with van der Waals surface area (Å²) in [5.74, 6) is -0.0568. The molecule has 100 valence electrons. The van der Waals surface area contributed by atoms with E-state index in [0.717, 1.165) is 32.1 Å². The maximum Gasteiger partial charge on any atom is 0.335 e. The molecule has 0 radical (unpaired) electrons. The monoisotopic (exact) mass is 250 g/mol. The first kappa shape index (κ1) is 13.3. The first-order valence-corrected chi connectivity index (χ1v) is 6.82. The first-order chi connectivity index (χ1) is 8.35. The molecule has 0 aromatic heterocycles. The van der Waals surface area contributed by atoms with E-state index in [1.807, 2.05) is 26.8 Å². The summed E-state index contributed by atoms with van der Waals surface area (Å²) in [6, 6.07) is 0. The molecule has 0 aliphatic heterocycles. The molecule has 1 saturated carbocycles. The summed E-state index contributed by atoms with van der Waals surface area (Å²) >= 11 is 0. The van der Waals surface area contributed by atoms with Crippen LogP contribution in [0.5, 0.6) is 0 Å². The van der Waals surface area contributed by atoms with Gasteiger partial charge < -0.3 is 4.74 Å². The fraction of sp³-hybridized carbons (Fsp3) is 0.733. The van der Waals surface area contributed by atoms with Crippen LogP contribution in [0, 0.1) is 5.41 Å². The molecule has 3 heteroatoms. The third-order valence-electron chi connectivity index (χ3n) is 3.85. The molecule has 0 heterocycles. The van der Waals surface area contributed by atoms with E-state index in [9.17, 15) is 9.59 Å². The minimum absolute atomic E-state index is 0.239. The molecule has 0 saturated heterocycles. The van der Waals surface area contributed by atoms with Crippen molar-refractivity contribution in [2.75, 3.05) is 0 Å². The quantitative estimate of drug-likeness (QED) is 0.671. The van der Waals surface area contributed by atoms with E-state index < -0.39 is 11.0 Å². The lowest BCUT2D eigenvalue weighted by atomic mass is 9.68. The molecule has 1 spiro atoms. The third kappa shape index (κ3) is 2.36. The van der Waals surface area contributed by atoms with Crippen LogP contribution in [0.15, 0.2) is 11.6 Å². The van der Waals surface area contributed by atoms with Crippen LogP contribution in [0.1, 0.15) is 59.3 Å². The number of rotatable bonds is 1. The standard InChI is InChI=1S/C15H22O3/c1-14(2,3)18-13(17)11-7-6-10-15(11)9-5-4-8-12(15)16/h7H,4-6,8-10H2,1-3H3. The Hall–Kier alpha value is -1.12. The molecule has 0 bridgehead atoms. The summed E-state index contributed by atoms with van der Waals surface area (Å²) in [6.07, 6.45) is 6.95. The zero-order valence-electron chi connectivity index (χ0n) is 11.5. The summed E-state index contributed by atoms with van der Waals surface area (Å²) in [4.78, 5) is 24.5. The van der Waals surface area contributed by atoms with Gasteiger partial charge in [0.25, 0.3) is 0 Å². The number of hydrogen-bond donors (Lipinski definition) is 0. The smallest absolute Gasteiger partial charge is 0.335 e. The SMILES string of the molecule is CC(C)(C)OC(=O)C1=CCCC12CCCCC2=O. The highest BCUT2D eigenvalue weighted by atomic mass is 16.6. The fourth-order valence-corrected chi connectivity index (χ4v) is 3.05. The largest absolute Gasteiger partial charge is 0.457 e. The minimum Gasteiger partial charge on any atom is -0.457 e. The van der Waals surface area contributed by atoms with Crippen molar-refractivity contribution in [2.45, 2.75) is 64.9 Å². The van der Waals surface area contributed by atoms with Gasteiger partial charge in [-0.25, -0.2) is 4.79 Å². The maximum absolute atomic E-state index is 12.3. The number of ether oxygens (including phenoxy) is 1. The van der Waals surface area contributed by atoms with E-state index in [0.29, 0.717) is 12.0 Å². The van der Waals surface area contributed by atoms with E-state index in [1.165, 1.54) is 0 Å². The Bertz CT molecular complexity index is 400. The normalized spacial score (nSPS) is 28.4. The first-order valence-electron chi connectivity index (χ1n) is 6.82. The predicted molar refractivity (Wildman–Crippen MR) is 69.1 cm³/mol. The number of hydrogen-bond acceptors (Lipinski definition) is 3. The molecule has 2 rings (SSSR count). The number of carbonyl (C=O) groups excluding carboxylic acids is 2.